The average Bonchev–Trinajstić information content (AvgIpc) is 2.47. The van der Waals surface area contributed by atoms with E-state index >= 15 is 0 Å². The second kappa shape index (κ2) is 7.08. The van der Waals surface area contributed by atoms with Crippen molar-refractivity contribution < 1.29 is 17.2 Å². The van der Waals surface area contributed by atoms with Gasteiger partial charge in [0, 0.05) is 0 Å². The predicted molar refractivity (Wildman–Crippen MR) is 87.0 cm³/mol. The van der Waals surface area contributed by atoms with Crippen LogP contribution in [0.4, 0.5) is 14.5 Å². The summed E-state index contributed by atoms with van der Waals surface area (Å²) in [7, 11) is -4.33. The van der Waals surface area contributed by atoms with Crippen LogP contribution in [0.5, 0.6) is 0 Å². The van der Waals surface area contributed by atoms with E-state index in [0.717, 1.165) is 43.0 Å². The van der Waals surface area contributed by atoms with E-state index in [-0.39, 0.29) is 0 Å². The summed E-state index contributed by atoms with van der Waals surface area (Å²) in [6, 6.07) is 8.27. The summed E-state index contributed by atoms with van der Waals surface area (Å²) in [6.45, 7) is 3.85. The van der Waals surface area contributed by atoms with Crippen LogP contribution in [0.25, 0.3) is 0 Å². The van der Waals surface area contributed by atoms with Gasteiger partial charge in [0.15, 0.2) is 4.90 Å². The van der Waals surface area contributed by atoms with Crippen molar-refractivity contribution in [1.82, 2.24) is 0 Å². The number of anilines is 1. The Kier molecular flexibility index (Phi) is 5.36. The first-order valence-electron chi connectivity index (χ1n) is 7.41. The molecule has 2 aromatic carbocycles. The normalized spacial score (nSPS) is 11.5. The second-order valence-electron chi connectivity index (χ2n) is 5.41. The van der Waals surface area contributed by atoms with Crippen molar-refractivity contribution in [3.05, 3.63) is 59.2 Å². The minimum absolute atomic E-state index is 0.313. The van der Waals surface area contributed by atoms with Gasteiger partial charge in [-0.15, -0.1) is 0 Å². The molecule has 0 radical (unpaired) electrons. The topological polar surface area (TPSA) is 46.2 Å². The molecular formula is C17H19F2NO2S. The number of rotatable bonds is 6. The Morgan fingerprint density at radius 3 is 2.30 bits per heavy atom. The van der Waals surface area contributed by atoms with Crippen molar-refractivity contribution in [3.8, 4) is 0 Å². The summed E-state index contributed by atoms with van der Waals surface area (Å²) in [6.07, 6.45) is 3.03. The third kappa shape index (κ3) is 4.07. The van der Waals surface area contributed by atoms with Crippen LogP contribution in [-0.4, -0.2) is 8.42 Å². The zero-order valence-corrected chi connectivity index (χ0v) is 13.9. The van der Waals surface area contributed by atoms with Crippen molar-refractivity contribution in [2.45, 2.75) is 38.0 Å². The first kappa shape index (κ1) is 17.4. The first-order valence-corrected chi connectivity index (χ1v) is 8.90. The van der Waals surface area contributed by atoms with E-state index in [1.165, 1.54) is 0 Å². The van der Waals surface area contributed by atoms with E-state index in [4.69, 9.17) is 0 Å². The van der Waals surface area contributed by atoms with Crippen molar-refractivity contribution in [2.75, 3.05) is 4.72 Å². The Morgan fingerprint density at radius 1 is 1.09 bits per heavy atom. The van der Waals surface area contributed by atoms with Gasteiger partial charge in [0.05, 0.1) is 5.69 Å². The molecule has 0 fully saturated rings. The number of sulfonamides is 1. The quantitative estimate of drug-likeness (QED) is 0.847. The lowest BCUT2D eigenvalue weighted by Crippen LogP contribution is -2.17. The van der Waals surface area contributed by atoms with Gasteiger partial charge < -0.3 is 0 Å². The summed E-state index contributed by atoms with van der Waals surface area (Å²) in [5, 5.41) is 0. The molecule has 0 heterocycles. The third-order valence-electron chi connectivity index (χ3n) is 3.54. The number of unbranched alkanes of at least 4 members (excludes halogenated alkanes) is 1. The zero-order valence-electron chi connectivity index (χ0n) is 13.1. The maximum atomic E-state index is 13.7. The molecule has 0 amide bonds. The first-order chi connectivity index (χ1) is 10.8. The molecule has 0 spiro atoms. The summed E-state index contributed by atoms with van der Waals surface area (Å²) >= 11 is 0. The maximum Gasteiger partial charge on any atom is 0.267 e. The molecular weight excluding hydrogens is 320 g/mol. The molecule has 2 rings (SSSR count). The maximum absolute atomic E-state index is 13.7. The van der Waals surface area contributed by atoms with Gasteiger partial charge in [0.2, 0.25) is 0 Å². The van der Waals surface area contributed by atoms with Crippen LogP contribution < -0.4 is 4.72 Å². The summed E-state index contributed by atoms with van der Waals surface area (Å²) in [5.41, 5.74) is 2.12. The monoisotopic (exact) mass is 339 g/mol. The van der Waals surface area contributed by atoms with E-state index in [2.05, 4.69) is 11.6 Å². The number of benzene rings is 2. The lowest BCUT2D eigenvalue weighted by molar-refractivity contribution is 0.521. The molecule has 23 heavy (non-hydrogen) atoms. The van der Waals surface area contributed by atoms with Crippen molar-refractivity contribution in [3.63, 3.8) is 0 Å². The standard InChI is InChI=1S/C17H19F2NO2S/c1-3-4-6-13-9-10-16(12(2)11-13)20-23(21,22)17-14(18)7-5-8-15(17)19/h5,7-11,20H,3-4,6H2,1-2H3. The van der Waals surface area contributed by atoms with Crippen molar-refractivity contribution in [1.29, 1.82) is 0 Å². The molecule has 124 valence electrons. The van der Waals surface area contributed by atoms with Gasteiger partial charge in [-0.2, -0.15) is 0 Å². The van der Waals surface area contributed by atoms with Gasteiger partial charge in [0.1, 0.15) is 11.6 Å². The average molecular weight is 339 g/mol. The highest BCUT2D eigenvalue weighted by atomic mass is 32.2. The van der Waals surface area contributed by atoms with E-state index in [0.29, 0.717) is 11.3 Å². The Hall–Kier alpha value is -1.95. The molecule has 0 aliphatic rings. The molecule has 0 unspecified atom stereocenters. The van der Waals surface area contributed by atoms with Crippen LogP contribution in [0.15, 0.2) is 41.3 Å². The molecule has 0 saturated heterocycles. The Balaban J connectivity index is 2.31. The fourth-order valence-electron chi connectivity index (χ4n) is 2.31. The summed E-state index contributed by atoms with van der Waals surface area (Å²) in [4.78, 5) is -0.963. The number of halogens is 2. The van der Waals surface area contributed by atoms with Gasteiger partial charge in [-0.25, -0.2) is 17.2 Å². The molecule has 0 atom stereocenters. The Morgan fingerprint density at radius 2 is 1.74 bits per heavy atom. The third-order valence-corrected chi connectivity index (χ3v) is 4.96. The lowest BCUT2D eigenvalue weighted by Gasteiger charge is -2.13. The highest BCUT2D eigenvalue weighted by Gasteiger charge is 2.24. The molecule has 0 aliphatic heterocycles. The van der Waals surface area contributed by atoms with Crippen LogP contribution in [0.1, 0.15) is 30.9 Å². The van der Waals surface area contributed by atoms with Crippen LogP contribution in [0, 0.1) is 18.6 Å². The molecule has 6 heteroatoms. The number of nitrogens with one attached hydrogen (secondary N) is 1. The SMILES string of the molecule is CCCCc1ccc(NS(=O)(=O)c2c(F)cccc2F)c(C)c1. The summed E-state index contributed by atoms with van der Waals surface area (Å²) < 4.78 is 54.2. The number of hydrogen-bond donors (Lipinski definition) is 1. The second-order valence-corrected chi connectivity index (χ2v) is 7.03. The van der Waals surface area contributed by atoms with Gasteiger partial charge >= 0.3 is 0 Å². The largest absolute Gasteiger partial charge is 0.279 e. The van der Waals surface area contributed by atoms with Gasteiger partial charge in [-0.05, 0) is 49.1 Å². The van der Waals surface area contributed by atoms with Gasteiger partial charge in [-0.3, -0.25) is 4.72 Å². The number of hydrogen-bond acceptors (Lipinski definition) is 2. The molecule has 0 aromatic heterocycles. The fraction of sp³-hybridized carbons (Fsp3) is 0.294. The lowest BCUT2D eigenvalue weighted by atomic mass is 10.1. The van der Waals surface area contributed by atoms with Crippen LogP contribution >= 0.6 is 0 Å². The molecule has 1 N–H and O–H groups in total. The van der Waals surface area contributed by atoms with E-state index < -0.39 is 26.6 Å². The molecule has 2 aromatic rings. The van der Waals surface area contributed by atoms with Crippen LogP contribution in [-0.2, 0) is 16.4 Å². The van der Waals surface area contributed by atoms with Gasteiger partial charge in [0.25, 0.3) is 10.0 Å². The Bertz CT molecular complexity index is 784. The van der Waals surface area contributed by atoms with Gasteiger partial charge in [-0.1, -0.05) is 31.5 Å². The smallest absolute Gasteiger partial charge is 0.267 e. The Labute approximate surface area is 135 Å². The number of aryl methyl sites for hydroxylation is 2. The van der Waals surface area contributed by atoms with Crippen LogP contribution in [0.3, 0.4) is 0 Å². The minimum Gasteiger partial charge on any atom is -0.279 e. The molecule has 3 nitrogen and oxygen atoms in total. The van der Waals surface area contributed by atoms with Crippen molar-refractivity contribution >= 4 is 15.7 Å². The molecule has 0 bridgehead atoms. The highest BCUT2D eigenvalue weighted by Crippen LogP contribution is 2.24. The fourth-order valence-corrected chi connectivity index (χ4v) is 3.58. The zero-order chi connectivity index (χ0) is 17.0. The van der Waals surface area contributed by atoms with E-state index in [1.54, 1.807) is 13.0 Å². The molecule has 0 aliphatic carbocycles. The minimum atomic E-state index is -4.33. The van der Waals surface area contributed by atoms with Crippen molar-refractivity contribution in [2.24, 2.45) is 0 Å². The molecule has 0 saturated carbocycles. The summed E-state index contributed by atoms with van der Waals surface area (Å²) in [5.74, 6) is -2.23. The highest BCUT2D eigenvalue weighted by molar-refractivity contribution is 7.92. The van der Waals surface area contributed by atoms with E-state index in [1.807, 2.05) is 12.1 Å². The van der Waals surface area contributed by atoms with E-state index in [9.17, 15) is 17.2 Å². The van der Waals surface area contributed by atoms with Crippen LogP contribution in [0.2, 0.25) is 0 Å². The predicted octanol–water partition coefficient (Wildman–Crippen LogP) is 4.42.